The number of benzene rings is 1. The van der Waals surface area contributed by atoms with E-state index in [1.807, 2.05) is 6.92 Å². The lowest BCUT2D eigenvalue weighted by Gasteiger charge is -2.14. The van der Waals surface area contributed by atoms with E-state index in [4.69, 9.17) is 4.74 Å². The van der Waals surface area contributed by atoms with Crippen LogP contribution < -0.4 is 10.1 Å². The molecule has 20 heavy (non-hydrogen) atoms. The van der Waals surface area contributed by atoms with Crippen LogP contribution >= 0.6 is 0 Å². The molecule has 1 unspecified atom stereocenters. The van der Waals surface area contributed by atoms with Gasteiger partial charge in [0, 0.05) is 30.3 Å². The second-order valence-electron chi connectivity index (χ2n) is 5.08. The van der Waals surface area contributed by atoms with Gasteiger partial charge in [-0.3, -0.25) is 10.1 Å². The summed E-state index contributed by atoms with van der Waals surface area (Å²) >= 11 is 0. The molecule has 0 amide bonds. The van der Waals surface area contributed by atoms with E-state index in [-0.39, 0.29) is 12.3 Å². The predicted molar refractivity (Wildman–Crippen MR) is 74.8 cm³/mol. The Kier molecular flexibility index (Phi) is 4.92. The molecule has 6 heteroatoms. The Balaban J connectivity index is 2.08. The monoisotopic (exact) mass is 280 g/mol. The number of nitrogens with one attached hydrogen (secondary N) is 1. The lowest BCUT2D eigenvalue weighted by atomic mass is 10.1. The van der Waals surface area contributed by atoms with E-state index in [9.17, 15) is 15.2 Å². The molecule has 0 heterocycles. The van der Waals surface area contributed by atoms with Crippen molar-refractivity contribution in [3.8, 4) is 5.75 Å². The van der Waals surface area contributed by atoms with Crippen LogP contribution in [0.5, 0.6) is 5.75 Å². The van der Waals surface area contributed by atoms with Gasteiger partial charge in [-0.25, -0.2) is 0 Å². The number of ether oxygens (including phenoxy) is 1. The van der Waals surface area contributed by atoms with Gasteiger partial charge >= 0.3 is 0 Å². The van der Waals surface area contributed by atoms with Crippen LogP contribution in [0.4, 0.5) is 5.69 Å². The largest absolute Gasteiger partial charge is 0.491 e. The van der Waals surface area contributed by atoms with E-state index in [2.05, 4.69) is 5.32 Å². The second-order valence-corrected chi connectivity index (χ2v) is 5.08. The van der Waals surface area contributed by atoms with Crippen LogP contribution in [-0.2, 0) is 6.54 Å². The molecule has 0 aromatic heterocycles. The highest BCUT2D eigenvalue weighted by Gasteiger charge is 2.21. The molecule has 1 aromatic rings. The van der Waals surface area contributed by atoms with Crippen molar-refractivity contribution < 1.29 is 14.8 Å². The Morgan fingerprint density at radius 1 is 1.55 bits per heavy atom. The molecule has 0 saturated heterocycles. The summed E-state index contributed by atoms with van der Waals surface area (Å²) in [4.78, 5) is 10.4. The lowest BCUT2D eigenvalue weighted by molar-refractivity contribution is -0.384. The maximum atomic E-state index is 10.8. The molecule has 0 spiro atoms. The molecule has 6 nitrogen and oxygen atoms in total. The molecule has 1 aliphatic rings. The van der Waals surface area contributed by atoms with Crippen LogP contribution in [0.3, 0.4) is 0 Å². The van der Waals surface area contributed by atoms with Gasteiger partial charge in [0.05, 0.1) is 11.0 Å². The lowest BCUT2D eigenvalue weighted by Crippen LogP contribution is -2.19. The van der Waals surface area contributed by atoms with Crippen molar-refractivity contribution in [2.45, 2.75) is 44.9 Å². The first-order valence-corrected chi connectivity index (χ1v) is 6.91. The fourth-order valence-electron chi connectivity index (χ4n) is 1.80. The highest BCUT2D eigenvalue weighted by Crippen LogP contribution is 2.26. The third-order valence-electron chi connectivity index (χ3n) is 3.32. The number of aliphatic hydroxyl groups is 1. The standard InChI is InChI=1S/C14H20N2O4/c1-2-13(17)9-20-14-6-5-12(16(18)19)7-10(14)8-15-11-3-4-11/h5-7,11,13,15,17H,2-4,8-9H2,1H3. The minimum atomic E-state index is -0.519. The highest BCUT2D eigenvalue weighted by atomic mass is 16.6. The number of hydrogen-bond acceptors (Lipinski definition) is 5. The van der Waals surface area contributed by atoms with Gasteiger partial charge in [0.1, 0.15) is 12.4 Å². The van der Waals surface area contributed by atoms with Gasteiger partial charge in [-0.05, 0) is 25.3 Å². The van der Waals surface area contributed by atoms with E-state index >= 15 is 0 Å². The van der Waals surface area contributed by atoms with Crippen molar-refractivity contribution in [2.24, 2.45) is 0 Å². The van der Waals surface area contributed by atoms with Crippen LogP contribution in [0.2, 0.25) is 0 Å². The number of rotatable bonds is 8. The third kappa shape index (κ3) is 4.18. The van der Waals surface area contributed by atoms with Crippen molar-refractivity contribution in [3.63, 3.8) is 0 Å². The second kappa shape index (κ2) is 6.67. The average Bonchev–Trinajstić information content (AvgIpc) is 3.26. The molecule has 1 saturated carbocycles. The minimum absolute atomic E-state index is 0.0565. The first-order chi connectivity index (χ1) is 9.60. The molecule has 0 aliphatic heterocycles. The van der Waals surface area contributed by atoms with E-state index in [1.165, 1.54) is 12.1 Å². The van der Waals surface area contributed by atoms with Crippen LogP contribution in [0.15, 0.2) is 18.2 Å². The molecule has 1 atom stereocenters. The maximum absolute atomic E-state index is 10.8. The summed E-state index contributed by atoms with van der Waals surface area (Å²) in [5.41, 5.74) is 0.815. The van der Waals surface area contributed by atoms with Crippen molar-refractivity contribution in [3.05, 3.63) is 33.9 Å². The molecule has 1 aromatic carbocycles. The van der Waals surface area contributed by atoms with Crippen LogP contribution in [-0.4, -0.2) is 28.8 Å². The first kappa shape index (κ1) is 14.7. The number of nitro groups is 1. The summed E-state index contributed by atoms with van der Waals surface area (Å²) in [5.74, 6) is 0.594. The van der Waals surface area contributed by atoms with Crippen molar-refractivity contribution in [1.82, 2.24) is 5.32 Å². The van der Waals surface area contributed by atoms with Gasteiger partial charge in [-0.1, -0.05) is 6.92 Å². The van der Waals surface area contributed by atoms with Crippen molar-refractivity contribution in [1.29, 1.82) is 0 Å². The zero-order chi connectivity index (χ0) is 14.5. The van der Waals surface area contributed by atoms with Gasteiger partial charge in [0.2, 0.25) is 0 Å². The molecule has 0 bridgehead atoms. The predicted octanol–water partition coefficient (Wildman–Crippen LogP) is 2.00. The Bertz CT molecular complexity index is 474. The normalized spacial score (nSPS) is 15.9. The summed E-state index contributed by atoms with van der Waals surface area (Å²) in [7, 11) is 0. The number of nitro benzene ring substituents is 1. The highest BCUT2D eigenvalue weighted by molar-refractivity contribution is 5.43. The van der Waals surface area contributed by atoms with Crippen LogP contribution in [0.25, 0.3) is 0 Å². The molecular formula is C14H20N2O4. The molecule has 1 fully saturated rings. The van der Waals surface area contributed by atoms with Crippen LogP contribution in [0.1, 0.15) is 31.7 Å². The molecule has 1 aliphatic carbocycles. The average molecular weight is 280 g/mol. The zero-order valence-electron chi connectivity index (χ0n) is 11.5. The maximum Gasteiger partial charge on any atom is 0.270 e. The molecule has 0 radical (unpaired) electrons. The Hall–Kier alpha value is -1.66. The third-order valence-corrected chi connectivity index (χ3v) is 3.32. The summed E-state index contributed by atoms with van der Waals surface area (Å²) < 4.78 is 5.56. The smallest absolute Gasteiger partial charge is 0.270 e. The molecular weight excluding hydrogens is 260 g/mol. The minimum Gasteiger partial charge on any atom is -0.491 e. The van der Waals surface area contributed by atoms with E-state index in [0.717, 1.165) is 18.4 Å². The van der Waals surface area contributed by atoms with Gasteiger partial charge in [0.15, 0.2) is 0 Å². The topological polar surface area (TPSA) is 84.6 Å². The summed E-state index contributed by atoms with van der Waals surface area (Å²) in [6, 6.07) is 5.07. The van der Waals surface area contributed by atoms with E-state index in [0.29, 0.717) is 24.8 Å². The Morgan fingerprint density at radius 2 is 2.30 bits per heavy atom. The summed E-state index contributed by atoms with van der Waals surface area (Å²) in [5, 5.41) is 23.7. The molecule has 2 rings (SSSR count). The zero-order valence-corrected chi connectivity index (χ0v) is 11.5. The fourth-order valence-corrected chi connectivity index (χ4v) is 1.80. The molecule has 2 N–H and O–H groups in total. The van der Waals surface area contributed by atoms with Gasteiger partial charge in [0.25, 0.3) is 5.69 Å². The summed E-state index contributed by atoms with van der Waals surface area (Å²) in [6.45, 7) is 2.62. The Morgan fingerprint density at radius 3 is 2.90 bits per heavy atom. The van der Waals surface area contributed by atoms with Gasteiger partial charge in [-0.2, -0.15) is 0 Å². The molecule has 110 valence electrons. The van der Waals surface area contributed by atoms with Crippen LogP contribution in [0, 0.1) is 10.1 Å². The number of non-ortho nitro benzene ring substituents is 1. The van der Waals surface area contributed by atoms with Gasteiger partial charge < -0.3 is 15.2 Å². The number of aliphatic hydroxyl groups excluding tert-OH is 1. The number of nitrogens with zero attached hydrogens (tertiary/aromatic N) is 1. The van der Waals surface area contributed by atoms with E-state index in [1.54, 1.807) is 6.07 Å². The number of hydrogen-bond donors (Lipinski definition) is 2. The summed E-state index contributed by atoms with van der Waals surface area (Å²) in [6.07, 6.45) is 2.40. The quantitative estimate of drug-likeness (QED) is 0.562. The van der Waals surface area contributed by atoms with Gasteiger partial charge in [-0.15, -0.1) is 0 Å². The van der Waals surface area contributed by atoms with Crippen molar-refractivity contribution >= 4 is 5.69 Å². The first-order valence-electron chi connectivity index (χ1n) is 6.91. The SMILES string of the molecule is CCC(O)COc1ccc([N+](=O)[O-])cc1CNC1CC1. The van der Waals surface area contributed by atoms with Crippen molar-refractivity contribution in [2.75, 3.05) is 6.61 Å². The fraction of sp³-hybridized carbons (Fsp3) is 0.571. The Labute approximate surface area is 117 Å². The van der Waals surface area contributed by atoms with E-state index < -0.39 is 11.0 Å².